The van der Waals surface area contributed by atoms with E-state index < -0.39 is 0 Å². The van der Waals surface area contributed by atoms with Gasteiger partial charge >= 0.3 is 6.09 Å². The van der Waals surface area contributed by atoms with Gasteiger partial charge in [0.1, 0.15) is 6.10 Å². The molecule has 0 radical (unpaired) electrons. The predicted octanol–water partition coefficient (Wildman–Crippen LogP) is 6.42. The number of nitrogens with one attached hydrogen (secondary N) is 1. The average molecular weight is 700 g/mol. The van der Waals surface area contributed by atoms with E-state index in [1.165, 1.54) is 41.6 Å². The van der Waals surface area contributed by atoms with E-state index in [0.717, 1.165) is 100 Å². The van der Waals surface area contributed by atoms with Crippen LogP contribution in [0.3, 0.4) is 0 Å². The zero-order chi connectivity index (χ0) is 35.0. The van der Waals surface area contributed by atoms with Gasteiger partial charge in [-0.2, -0.15) is 0 Å². The topological polar surface area (TPSA) is 105 Å². The Labute approximate surface area is 301 Å². The highest BCUT2D eigenvalue weighted by Gasteiger charge is 2.23. The van der Waals surface area contributed by atoms with Crippen molar-refractivity contribution in [1.82, 2.24) is 34.6 Å². The molecule has 0 unspecified atom stereocenters. The van der Waals surface area contributed by atoms with Crippen LogP contribution in [0.2, 0.25) is 5.02 Å². The van der Waals surface area contributed by atoms with Crippen LogP contribution in [0.25, 0.3) is 0 Å². The minimum Gasteiger partial charge on any atom is -0.446 e. The molecule has 7 rings (SSSR count). The molecule has 1 aliphatic heterocycles. The summed E-state index contributed by atoms with van der Waals surface area (Å²) in [6, 6.07) is 14.2. The van der Waals surface area contributed by atoms with E-state index in [9.17, 15) is 9.59 Å². The number of aryl methyl sites for hydroxylation is 4. The van der Waals surface area contributed by atoms with E-state index in [2.05, 4.69) is 38.5 Å². The zero-order valence-corrected chi connectivity index (χ0v) is 29.9. The third kappa shape index (κ3) is 11.9. The highest BCUT2D eigenvalue weighted by atomic mass is 35.5. The smallest absolute Gasteiger partial charge is 0.410 e. The quantitative estimate of drug-likeness (QED) is 0.212. The first-order valence-corrected chi connectivity index (χ1v) is 18.3. The Morgan fingerprint density at radius 3 is 2.56 bits per heavy atom. The number of hydrogen-bond donors (Lipinski definition) is 1. The number of hydrogen-bond acceptors (Lipinski definition) is 7. The van der Waals surface area contributed by atoms with Gasteiger partial charge in [0.2, 0.25) is 6.41 Å². The summed E-state index contributed by atoms with van der Waals surface area (Å²) in [4.78, 5) is 39.0. The molecule has 266 valence electrons. The summed E-state index contributed by atoms with van der Waals surface area (Å²) in [6.45, 7) is 7.53. The van der Waals surface area contributed by atoms with Crippen molar-refractivity contribution in [3.63, 3.8) is 0 Å². The van der Waals surface area contributed by atoms with E-state index >= 15 is 0 Å². The summed E-state index contributed by atoms with van der Waals surface area (Å²) in [6.07, 6.45) is 20.0. The lowest BCUT2D eigenvalue weighted by Gasteiger charge is -2.29. The molecule has 10 nitrogen and oxygen atoms in total. The molecule has 4 heterocycles. The van der Waals surface area contributed by atoms with Crippen molar-refractivity contribution in [1.29, 1.82) is 0 Å². The maximum atomic E-state index is 11.7. The highest BCUT2D eigenvalue weighted by Crippen LogP contribution is 2.25. The van der Waals surface area contributed by atoms with Crippen molar-refractivity contribution >= 4 is 24.1 Å². The Morgan fingerprint density at radius 1 is 1.02 bits per heavy atom. The fourth-order valence-corrected chi connectivity index (χ4v) is 6.70. The molecular formula is C39H50ClN7O3. The van der Waals surface area contributed by atoms with Crippen molar-refractivity contribution in [2.24, 2.45) is 0 Å². The summed E-state index contributed by atoms with van der Waals surface area (Å²) in [5.74, 6) is 0. The Morgan fingerprint density at radius 2 is 1.82 bits per heavy atom. The van der Waals surface area contributed by atoms with Crippen LogP contribution in [0, 0.1) is 6.92 Å². The predicted molar refractivity (Wildman–Crippen MR) is 196 cm³/mol. The second-order valence-corrected chi connectivity index (χ2v) is 13.6. The van der Waals surface area contributed by atoms with Crippen molar-refractivity contribution in [2.45, 2.75) is 83.9 Å². The summed E-state index contributed by atoms with van der Waals surface area (Å²) < 4.78 is 7.53. The normalized spacial score (nSPS) is 15.5. The molecule has 0 atom stereocenters. The molecule has 3 aliphatic rings. The van der Waals surface area contributed by atoms with Gasteiger partial charge in [-0.1, -0.05) is 36.2 Å². The number of ether oxygens (including phenoxy) is 1. The number of nitrogens with zero attached hydrogens (tertiary/aromatic N) is 6. The number of piperazine rings is 1. The number of amides is 2. The molecule has 50 heavy (non-hydrogen) atoms. The van der Waals surface area contributed by atoms with Crippen molar-refractivity contribution in [3.05, 3.63) is 112 Å². The molecule has 4 aromatic rings. The average Bonchev–Trinajstić information content (AvgIpc) is 3.48. The standard InChI is InChI=1S/C14H12ClN.C14H18N4O.C11H20N2O2/c15-13-6-5-12-9-14-10(2-1-7-16-14)3-4-11(12)8-13;1-13-9-17(11-16-13)6-3-7-18(12-19)10-14-4-2-5-15-8-14;14-11(13-8-6-12-7-9-13)15-10-4-2-1-3-5-10/h1-2,5-8H,3-4,9H2;2,4-5,8-9,11-12H,3,6-7,10H2,1H3;10,12H,1-9H2. The lowest BCUT2D eigenvalue weighted by molar-refractivity contribution is -0.118. The molecule has 0 spiro atoms. The second-order valence-electron chi connectivity index (χ2n) is 13.1. The summed E-state index contributed by atoms with van der Waals surface area (Å²) in [5.41, 5.74) is 7.38. The van der Waals surface area contributed by atoms with E-state index in [1.54, 1.807) is 17.3 Å². The van der Waals surface area contributed by atoms with E-state index in [0.29, 0.717) is 6.54 Å². The minimum atomic E-state index is -0.108. The number of carbonyl (C=O) groups excluding carboxylic acids is 2. The van der Waals surface area contributed by atoms with Gasteiger partial charge in [0, 0.05) is 87.7 Å². The number of imidazole rings is 1. The molecule has 2 aliphatic carbocycles. The first kappa shape index (κ1) is 37.0. The lowest BCUT2D eigenvalue weighted by atomic mass is 9.98. The minimum absolute atomic E-state index is 0.108. The van der Waals surface area contributed by atoms with Gasteiger partial charge in [0.25, 0.3) is 0 Å². The number of rotatable bonds is 8. The first-order chi connectivity index (χ1) is 24.5. The Kier molecular flexibility index (Phi) is 14.6. The number of benzene rings is 1. The second kappa shape index (κ2) is 19.8. The van der Waals surface area contributed by atoms with Gasteiger partial charge in [0.05, 0.1) is 12.0 Å². The summed E-state index contributed by atoms with van der Waals surface area (Å²) >= 11 is 6.03. The lowest BCUT2D eigenvalue weighted by Crippen LogP contribution is -2.47. The Bertz CT molecular complexity index is 1620. The van der Waals surface area contributed by atoms with E-state index in [-0.39, 0.29) is 12.2 Å². The number of fused-ring (bicyclic) bond motifs is 2. The molecule has 1 saturated heterocycles. The molecular weight excluding hydrogens is 650 g/mol. The maximum absolute atomic E-state index is 11.7. The molecule has 2 fully saturated rings. The Hall–Kier alpha value is -4.28. The van der Waals surface area contributed by atoms with Crippen LogP contribution in [0.15, 0.2) is 73.6 Å². The number of carbonyl (C=O) groups is 2. The van der Waals surface area contributed by atoms with Gasteiger partial charge in [-0.15, -0.1) is 0 Å². The third-order valence-electron chi connectivity index (χ3n) is 9.25. The SMILES string of the molecule is Cc1cn(CCCN(C=O)Cc2cccnc2)cn1.Clc1ccc2c(c1)CCc1cccnc1C2.O=C(OC1CCCCC1)N1CCNCC1. The molecule has 11 heteroatoms. The maximum Gasteiger partial charge on any atom is 0.410 e. The fraction of sp³-hybridized carbons (Fsp3) is 0.462. The van der Waals surface area contributed by atoms with E-state index in [4.69, 9.17) is 16.3 Å². The van der Waals surface area contributed by atoms with Crippen LogP contribution in [0.1, 0.15) is 72.2 Å². The van der Waals surface area contributed by atoms with Crippen molar-refractivity contribution < 1.29 is 14.3 Å². The monoisotopic (exact) mass is 699 g/mol. The van der Waals surface area contributed by atoms with E-state index in [1.807, 2.05) is 59.4 Å². The van der Waals surface area contributed by atoms with Gasteiger partial charge in [-0.05, 0) is 98.4 Å². The van der Waals surface area contributed by atoms with Crippen LogP contribution in [0.4, 0.5) is 4.79 Å². The number of pyridine rings is 2. The number of halogens is 1. The summed E-state index contributed by atoms with van der Waals surface area (Å²) in [7, 11) is 0. The van der Waals surface area contributed by atoms with Crippen molar-refractivity contribution in [2.75, 3.05) is 32.7 Å². The molecule has 2 amide bonds. The van der Waals surface area contributed by atoms with Gasteiger partial charge in [-0.3, -0.25) is 14.8 Å². The fourth-order valence-electron chi connectivity index (χ4n) is 6.50. The van der Waals surface area contributed by atoms with Crippen LogP contribution in [-0.2, 0) is 41.9 Å². The van der Waals surface area contributed by atoms with Gasteiger partial charge < -0.3 is 24.4 Å². The van der Waals surface area contributed by atoms with Gasteiger partial charge in [-0.25, -0.2) is 9.78 Å². The number of aromatic nitrogens is 4. The molecule has 0 bridgehead atoms. The van der Waals surface area contributed by atoms with Crippen LogP contribution >= 0.6 is 11.6 Å². The third-order valence-corrected chi connectivity index (χ3v) is 9.49. The highest BCUT2D eigenvalue weighted by molar-refractivity contribution is 6.30. The molecule has 1 saturated carbocycles. The Balaban J connectivity index is 0.000000147. The largest absolute Gasteiger partial charge is 0.446 e. The first-order valence-electron chi connectivity index (χ1n) is 17.9. The van der Waals surface area contributed by atoms with Crippen LogP contribution in [0.5, 0.6) is 0 Å². The van der Waals surface area contributed by atoms with Crippen LogP contribution in [-0.4, -0.2) is 80.6 Å². The summed E-state index contributed by atoms with van der Waals surface area (Å²) in [5, 5.41) is 4.05. The molecule has 1 N–H and O–H groups in total. The van der Waals surface area contributed by atoms with Crippen molar-refractivity contribution in [3.8, 4) is 0 Å². The molecule has 1 aromatic carbocycles. The molecule has 3 aromatic heterocycles. The van der Waals surface area contributed by atoms with Gasteiger partial charge in [0.15, 0.2) is 0 Å². The van der Waals surface area contributed by atoms with Crippen LogP contribution < -0.4 is 5.32 Å². The zero-order valence-electron chi connectivity index (χ0n) is 29.2.